The minimum Gasteiger partial charge on any atom is -0.465 e. The molecule has 0 bridgehead atoms. The van der Waals surface area contributed by atoms with E-state index in [-0.39, 0.29) is 23.1 Å². The van der Waals surface area contributed by atoms with E-state index in [1.54, 1.807) is 7.11 Å². The Bertz CT molecular complexity index is 709. The normalized spacial score (nSPS) is 14.8. The summed E-state index contributed by atoms with van der Waals surface area (Å²) in [7, 11) is 0.118. The van der Waals surface area contributed by atoms with Crippen LogP contribution in [0.2, 0.25) is 18.1 Å². The number of nitrogens with one attached hydrogen (secondary N) is 1. The third kappa shape index (κ3) is 22.5. The third-order valence-electron chi connectivity index (χ3n) is 10.2. The minimum absolute atomic E-state index is 0.0733. The fraction of sp³-hybridized carbons (Fsp3) is 0.974. The smallest absolute Gasteiger partial charge is 0.404 e. The Morgan fingerprint density at radius 2 is 1.18 bits per heavy atom. The average Bonchev–Trinajstić information content (AvgIpc) is 2.94. The lowest BCUT2D eigenvalue weighted by Crippen LogP contribution is -2.47. The van der Waals surface area contributed by atoms with Gasteiger partial charge in [0.2, 0.25) is 0 Å². The van der Waals surface area contributed by atoms with Crippen LogP contribution in [-0.2, 0) is 13.9 Å². The van der Waals surface area contributed by atoms with Crippen molar-refractivity contribution in [1.82, 2.24) is 5.32 Å². The van der Waals surface area contributed by atoms with Crippen LogP contribution in [0.1, 0.15) is 177 Å². The van der Waals surface area contributed by atoms with Gasteiger partial charge in [-0.1, -0.05) is 130 Å². The number of ether oxygens (including phenoxy) is 2. The topological polar surface area (TPSA) is 77.0 Å². The summed E-state index contributed by atoms with van der Waals surface area (Å²) in [6, 6.07) is -0.123. The molecule has 6 nitrogen and oxygen atoms in total. The molecule has 1 amide bonds. The lowest BCUT2D eigenvalue weighted by molar-refractivity contribution is -0.137. The lowest BCUT2D eigenvalue weighted by atomic mass is 9.82. The van der Waals surface area contributed by atoms with E-state index in [0.717, 1.165) is 45.1 Å². The van der Waals surface area contributed by atoms with Crippen molar-refractivity contribution in [1.29, 1.82) is 0 Å². The molecule has 0 aromatic carbocycles. The van der Waals surface area contributed by atoms with E-state index in [1.807, 2.05) is 6.92 Å². The van der Waals surface area contributed by atoms with Crippen molar-refractivity contribution in [2.24, 2.45) is 5.92 Å². The molecule has 0 aliphatic rings. The average molecular weight is 658 g/mol. The molecular weight excluding hydrogens is 579 g/mol. The monoisotopic (exact) mass is 658 g/mol. The molecule has 7 heteroatoms. The van der Waals surface area contributed by atoms with E-state index in [0.29, 0.717) is 6.61 Å². The van der Waals surface area contributed by atoms with Gasteiger partial charge in [-0.05, 0) is 70.5 Å². The van der Waals surface area contributed by atoms with Crippen LogP contribution in [-0.4, -0.2) is 57.6 Å². The van der Waals surface area contributed by atoms with Gasteiger partial charge in [0.1, 0.15) is 0 Å². The van der Waals surface area contributed by atoms with Gasteiger partial charge in [0.25, 0.3) is 0 Å². The van der Waals surface area contributed by atoms with Crippen LogP contribution < -0.4 is 5.32 Å². The van der Waals surface area contributed by atoms with Gasteiger partial charge in [-0.3, -0.25) is 0 Å². The van der Waals surface area contributed by atoms with Gasteiger partial charge in [-0.25, -0.2) is 4.79 Å². The van der Waals surface area contributed by atoms with Crippen LogP contribution in [0.3, 0.4) is 0 Å². The molecule has 0 aliphatic carbocycles. The van der Waals surface area contributed by atoms with Crippen molar-refractivity contribution in [3.8, 4) is 0 Å². The van der Waals surface area contributed by atoms with Crippen LogP contribution in [0.25, 0.3) is 0 Å². The molecule has 270 valence electrons. The van der Waals surface area contributed by atoms with E-state index < -0.39 is 20.0 Å². The van der Waals surface area contributed by atoms with Crippen LogP contribution >= 0.6 is 0 Å². The van der Waals surface area contributed by atoms with Gasteiger partial charge in [0, 0.05) is 26.4 Å². The van der Waals surface area contributed by atoms with Crippen molar-refractivity contribution in [3.05, 3.63) is 0 Å². The quantitative estimate of drug-likeness (QED) is 0.0594. The maximum Gasteiger partial charge on any atom is 0.404 e. The van der Waals surface area contributed by atoms with E-state index in [9.17, 15) is 9.90 Å². The fourth-order valence-electron chi connectivity index (χ4n) is 6.05. The van der Waals surface area contributed by atoms with Gasteiger partial charge in [-0.15, -0.1) is 0 Å². The highest BCUT2D eigenvalue weighted by Crippen LogP contribution is 2.36. The first kappa shape index (κ1) is 44.4. The Morgan fingerprint density at radius 3 is 1.62 bits per heavy atom. The second kappa shape index (κ2) is 25.4. The molecule has 0 radical (unpaired) electrons. The van der Waals surface area contributed by atoms with Gasteiger partial charge in [-0.2, -0.15) is 0 Å². The number of hydrogen-bond acceptors (Lipinski definition) is 4. The molecule has 45 heavy (non-hydrogen) atoms. The molecule has 0 saturated carbocycles. The Hall–Kier alpha value is -0.633. The van der Waals surface area contributed by atoms with Crippen LogP contribution in [0.15, 0.2) is 0 Å². The van der Waals surface area contributed by atoms with Crippen LogP contribution in [0.5, 0.6) is 0 Å². The highest BCUT2D eigenvalue weighted by molar-refractivity contribution is 6.74. The molecule has 0 spiro atoms. The van der Waals surface area contributed by atoms with Gasteiger partial charge >= 0.3 is 6.09 Å². The summed E-state index contributed by atoms with van der Waals surface area (Å²) in [5.41, 5.74) is -0.439. The van der Waals surface area contributed by atoms with Crippen LogP contribution in [0.4, 0.5) is 4.79 Å². The molecule has 2 N–H and O–H groups in total. The largest absolute Gasteiger partial charge is 0.465 e. The maximum atomic E-state index is 11.4. The summed E-state index contributed by atoms with van der Waals surface area (Å²) in [5.74, 6) is 0.238. The summed E-state index contributed by atoms with van der Waals surface area (Å²) in [4.78, 5) is 11.4. The molecule has 0 fully saturated rings. The molecule has 3 atom stereocenters. The summed E-state index contributed by atoms with van der Waals surface area (Å²) in [6.45, 7) is 21.6. The number of amides is 1. The highest BCUT2D eigenvalue weighted by Gasteiger charge is 2.38. The Balaban J connectivity index is 4.67. The zero-order chi connectivity index (χ0) is 34.2. The summed E-state index contributed by atoms with van der Waals surface area (Å²) in [5, 5.41) is 12.3. The molecule has 0 aromatic rings. The lowest BCUT2D eigenvalue weighted by Gasteiger charge is -2.39. The summed E-state index contributed by atoms with van der Waals surface area (Å²) >= 11 is 0. The highest BCUT2D eigenvalue weighted by atomic mass is 28.4. The zero-order valence-corrected chi connectivity index (χ0v) is 32.9. The van der Waals surface area contributed by atoms with Gasteiger partial charge in [0.05, 0.1) is 11.7 Å². The second-order valence-corrected chi connectivity index (χ2v) is 20.7. The van der Waals surface area contributed by atoms with E-state index in [1.165, 1.54) is 89.9 Å². The molecule has 0 saturated heterocycles. The molecule has 0 aliphatic heterocycles. The molecule has 3 unspecified atom stereocenters. The number of rotatable bonds is 30. The van der Waals surface area contributed by atoms with Crippen molar-refractivity contribution >= 4 is 14.4 Å². The Labute approximate surface area is 282 Å². The van der Waals surface area contributed by atoms with Crippen LogP contribution in [0, 0.1) is 5.92 Å². The van der Waals surface area contributed by atoms with E-state index >= 15 is 0 Å². The van der Waals surface area contributed by atoms with Crippen molar-refractivity contribution in [2.75, 3.05) is 20.3 Å². The summed E-state index contributed by atoms with van der Waals surface area (Å²) in [6.07, 6.45) is 23.9. The van der Waals surface area contributed by atoms with Crippen molar-refractivity contribution in [3.63, 3.8) is 0 Å². The minimum atomic E-state index is -1.65. The van der Waals surface area contributed by atoms with Gasteiger partial charge in [0.15, 0.2) is 8.32 Å². The number of carboxylic acid groups (broad SMARTS) is 1. The number of hydrogen-bond donors (Lipinski definition) is 2. The molecule has 0 heterocycles. The Morgan fingerprint density at radius 1 is 0.733 bits per heavy atom. The first-order valence-electron chi connectivity index (χ1n) is 19.0. The fourth-order valence-corrected chi connectivity index (χ4v) is 7.14. The second-order valence-electron chi connectivity index (χ2n) is 15.9. The first-order valence-corrected chi connectivity index (χ1v) is 21.9. The SMILES string of the molecule is CCCCCCCCCCCCCCCC(CC(C)NC(=O)O)C(OCCCCCCCO[Si](C)(C)C(C)(C)C)C(C)(C)OC. The third-order valence-corrected chi connectivity index (χ3v) is 14.7. The maximum absolute atomic E-state index is 11.4. The van der Waals surface area contributed by atoms with E-state index in [2.05, 4.69) is 60.0 Å². The number of unbranched alkanes of at least 4 members (excludes halogenated alkanes) is 16. The van der Waals surface area contributed by atoms with Crippen molar-refractivity contribution in [2.45, 2.75) is 213 Å². The Kier molecular flexibility index (Phi) is 25.0. The summed E-state index contributed by atoms with van der Waals surface area (Å²) < 4.78 is 18.9. The predicted molar refractivity (Wildman–Crippen MR) is 196 cm³/mol. The molecular formula is C38H79NO5Si. The number of carbonyl (C=O) groups is 1. The zero-order valence-electron chi connectivity index (χ0n) is 31.9. The van der Waals surface area contributed by atoms with Crippen molar-refractivity contribution < 1.29 is 23.8 Å². The molecule has 0 rings (SSSR count). The first-order chi connectivity index (χ1) is 21.2. The molecule has 0 aromatic heterocycles. The predicted octanol–water partition coefficient (Wildman–Crippen LogP) is 11.9. The van der Waals surface area contributed by atoms with Gasteiger partial charge < -0.3 is 24.3 Å². The standard InChI is InChI=1S/C38H79NO5Si/c1-11-12-13-14-15-16-17-18-19-20-21-23-26-29-34(32-33(2)39-36(40)41)35(38(6,7)42-8)43-30-27-24-22-25-28-31-44-45(9,10)37(3,4)5/h33-35,39H,11-32H2,1-10H3,(H,40,41). The number of methoxy groups -OCH3 is 1. The van der Waals surface area contributed by atoms with E-state index in [4.69, 9.17) is 13.9 Å².